The number of rotatable bonds is 7. The summed E-state index contributed by atoms with van der Waals surface area (Å²) in [6.45, 7) is 4.69. The van der Waals surface area contributed by atoms with Gasteiger partial charge in [-0.25, -0.2) is 0 Å². The summed E-state index contributed by atoms with van der Waals surface area (Å²) in [7, 11) is 1.87. The maximum atomic E-state index is 6.49. The minimum Gasteiger partial charge on any atom is -0.487 e. The average Bonchev–Trinajstić information content (AvgIpc) is 3.35. The van der Waals surface area contributed by atoms with E-state index in [2.05, 4.69) is 46.8 Å². The first-order valence-corrected chi connectivity index (χ1v) is 11.0. The Kier molecular flexibility index (Phi) is 7.70. The largest absolute Gasteiger partial charge is 0.487 e. The molecule has 0 radical (unpaired) electrons. The Labute approximate surface area is 192 Å². The summed E-state index contributed by atoms with van der Waals surface area (Å²) >= 11 is 0. The van der Waals surface area contributed by atoms with Crippen LogP contribution >= 0.6 is 24.0 Å². The molecule has 1 unspecified atom stereocenters. The minimum atomic E-state index is 0. The second-order valence-corrected chi connectivity index (χ2v) is 8.80. The predicted octanol–water partition coefficient (Wildman–Crippen LogP) is 4.81. The van der Waals surface area contributed by atoms with Crippen LogP contribution in [0.5, 0.6) is 5.75 Å². The maximum absolute atomic E-state index is 6.49. The van der Waals surface area contributed by atoms with Crippen LogP contribution in [0.3, 0.4) is 0 Å². The third-order valence-corrected chi connectivity index (χ3v) is 6.82. The van der Waals surface area contributed by atoms with Gasteiger partial charge in [-0.05, 0) is 63.4 Å². The fourth-order valence-corrected chi connectivity index (χ4v) is 4.83. The third-order valence-electron chi connectivity index (χ3n) is 6.82. The Morgan fingerprint density at radius 1 is 1.21 bits per heavy atom. The third kappa shape index (κ3) is 5.37. The average molecular weight is 513 g/mol. The van der Waals surface area contributed by atoms with Gasteiger partial charge in [0, 0.05) is 38.8 Å². The number of nitrogens with one attached hydrogen (secondary N) is 2. The van der Waals surface area contributed by atoms with Crippen LogP contribution in [0, 0.1) is 5.41 Å². The molecule has 1 heterocycles. The quantitative estimate of drug-likeness (QED) is 0.238. The Balaban J connectivity index is 0.00000240. The van der Waals surface area contributed by atoms with Crippen LogP contribution in [-0.4, -0.2) is 38.4 Å². The van der Waals surface area contributed by atoms with Gasteiger partial charge in [-0.3, -0.25) is 4.99 Å². The van der Waals surface area contributed by atoms with E-state index in [0.717, 1.165) is 57.2 Å². The predicted molar refractivity (Wildman–Crippen MR) is 128 cm³/mol. The van der Waals surface area contributed by atoms with Crippen LogP contribution in [0.25, 0.3) is 0 Å². The monoisotopic (exact) mass is 513 g/mol. The number of ether oxygens (including phenoxy) is 2. The minimum absolute atomic E-state index is 0. The molecule has 5 nitrogen and oxygen atoms in total. The Hall–Kier alpha value is -1.02. The smallest absolute Gasteiger partial charge is 0.191 e. The molecule has 0 aromatic heterocycles. The van der Waals surface area contributed by atoms with Gasteiger partial charge in [-0.1, -0.05) is 18.2 Å². The van der Waals surface area contributed by atoms with Gasteiger partial charge < -0.3 is 20.1 Å². The Bertz CT molecular complexity index is 699. The highest BCUT2D eigenvalue weighted by molar-refractivity contribution is 14.0. The number of nitrogens with zero attached hydrogens (tertiary/aromatic N) is 1. The number of fused-ring (bicyclic) bond motifs is 1. The molecule has 2 fully saturated rings. The lowest BCUT2D eigenvalue weighted by molar-refractivity contribution is 0.0395. The summed E-state index contributed by atoms with van der Waals surface area (Å²) in [4.78, 5) is 4.52. The van der Waals surface area contributed by atoms with Gasteiger partial charge >= 0.3 is 0 Å². The molecule has 0 saturated heterocycles. The van der Waals surface area contributed by atoms with E-state index >= 15 is 0 Å². The van der Waals surface area contributed by atoms with Crippen molar-refractivity contribution in [2.45, 2.75) is 69.9 Å². The summed E-state index contributed by atoms with van der Waals surface area (Å²) in [6.07, 6.45) is 9.57. The van der Waals surface area contributed by atoms with E-state index in [0.29, 0.717) is 5.41 Å². The SMILES string of the molecule is CCOCCC1(CNC(=NC)NC2CC3(CCCC3)Oc3ccccc32)CC1.I. The van der Waals surface area contributed by atoms with E-state index in [-0.39, 0.29) is 35.6 Å². The van der Waals surface area contributed by atoms with Crippen LogP contribution in [0.15, 0.2) is 29.3 Å². The number of hydrogen-bond donors (Lipinski definition) is 2. The van der Waals surface area contributed by atoms with Crippen LogP contribution in [-0.2, 0) is 4.74 Å². The zero-order chi connectivity index (χ0) is 19.5. The second-order valence-electron chi connectivity index (χ2n) is 8.80. The molecule has 4 rings (SSSR count). The summed E-state index contributed by atoms with van der Waals surface area (Å²) in [6, 6.07) is 8.73. The van der Waals surface area contributed by atoms with Crippen molar-refractivity contribution in [3.63, 3.8) is 0 Å². The van der Waals surface area contributed by atoms with E-state index in [1.165, 1.54) is 31.2 Å². The summed E-state index contributed by atoms with van der Waals surface area (Å²) in [5.74, 6) is 1.94. The maximum Gasteiger partial charge on any atom is 0.191 e. The number of guanidine groups is 1. The summed E-state index contributed by atoms with van der Waals surface area (Å²) in [5.41, 5.74) is 1.65. The number of para-hydroxylation sites is 1. The van der Waals surface area contributed by atoms with Crippen molar-refractivity contribution in [2.24, 2.45) is 10.4 Å². The lowest BCUT2D eigenvalue weighted by Gasteiger charge is -2.40. The molecule has 1 aromatic carbocycles. The zero-order valence-corrected chi connectivity index (χ0v) is 20.2. The molecule has 3 aliphatic rings. The molecule has 2 aliphatic carbocycles. The molecule has 29 heavy (non-hydrogen) atoms. The lowest BCUT2D eigenvalue weighted by atomic mass is 9.86. The molecular formula is C23H36IN3O2. The molecule has 2 N–H and O–H groups in total. The van der Waals surface area contributed by atoms with Gasteiger partial charge in [-0.15, -0.1) is 24.0 Å². The van der Waals surface area contributed by atoms with E-state index in [1.807, 2.05) is 7.05 Å². The molecule has 2 saturated carbocycles. The number of benzene rings is 1. The fourth-order valence-electron chi connectivity index (χ4n) is 4.83. The number of aliphatic imine (C=N–C) groups is 1. The fraction of sp³-hybridized carbons (Fsp3) is 0.696. The lowest BCUT2D eigenvalue weighted by Crippen LogP contribution is -2.47. The Morgan fingerprint density at radius 3 is 2.66 bits per heavy atom. The van der Waals surface area contributed by atoms with Gasteiger partial charge in [-0.2, -0.15) is 0 Å². The molecule has 162 valence electrons. The molecular weight excluding hydrogens is 477 g/mol. The summed E-state index contributed by atoms with van der Waals surface area (Å²) in [5, 5.41) is 7.31. The molecule has 1 aliphatic heterocycles. The van der Waals surface area contributed by atoms with Crippen molar-refractivity contribution in [1.29, 1.82) is 0 Å². The number of hydrogen-bond acceptors (Lipinski definition) is 3. The van der Waals surface area contributed by atoms with Gasteiger partial charge in [0.15, 0.2) is 5.96 Å². The topological polar surface area (TPSA) is 54.9 Å². The molecule has 1 spiro atoms. The molecule has 6 heteroatoms. The van der Waals surface area contributed by atoms with Crippen LogP contribution in [0.1, 0.15) is 69.9 Å². The second kappa shape index (κ2) is 9.86. The van der Waals surface area contributed by atoms with Crippen LogP contribution < -0.4 is 15.4 Å². The molecule has 0 bridgehead atoms. The van der Waals surface area contributed by atoms with Gasteiger partial charge in [0.2, 0.25) is 0 Å². The van der Waals surface area contributed by atoms with E-state index in [4.69, 9.17) is 9.47 Å². The van der Waals surface area contributed by atoms with E-state index in [1.54, 1.807) is 0 Å². The number of halogens is 1. The highest BCUT2D eigenvalue weighted by Gasteiger charge is 2.44. The van der Waals surface area contributed by atoms with Crippen molar-refractivity contribution < 1.29 is 9.47 Å². The van der Waals surface area contributed by atoms with E-state index in [9.17, 15) is 0 Å². The normalized spacial score (nSPS) is 23.7. The van der Waals surface area contributed by atoms with E-state index < -0.39 is 0 Å². The van der Waals surface area contributed by atoms with Gasteiger partial charge in [0.05, 0.1) is 6.04 Å². The van der Waals surface area contributed by atoms with Crippen LogP contribution in [0.4, 0.5) is 0 Å². The highest BCUT2D eigenvalue weighted by Crippen LogP contribution is 2.48. The first-order valence-electron chi connectivity index (χ1n) is 11.0. The standard InChI is InChI=1S/C23H35N3O2.HI/c1-3-27-15-14-22(12-13-22)17-25-21(24-2)26-19-16-23(10-6-7-11-23)28-20-9-5-4-8-18(19)20;/h4-5,8-9,19H,3,6-7,10-17H2,1-2H3,(H2,24,25,26);1H. The van der Waals surface area contributed by atoms with Crippen molar-refractivity contribution in [3.05, 3.63) is 29.8 Å². The summed E-state index contributed by atoms with van der Waals surface area (Å²) < 4.78 is 12.1. The van der Waals surface area contributed by atoms with Crippen molar-refractivity contribution >= 4 is 29.9 Å². The highest BCUT2D eigenvalue weighted by atomic mass is 127. The van der Waals surface area contributed by atoms with Crippen molar-refractivity contribution in [1.82, 2.24) is 10.6 Å². The first kappa shape index (κ1) is 22.7. The molecule has 0 amide bonds. The van der Waals surface area contributed by atoms with Crippen molar-refractivity contribution in [3.8, 4) is 5.75 Å². The van der Waals surface area contributed by atoms with Gasteiger partial charge in [0.1, 0.15) is 11.4 Å². The Morgan fingerprint density at radius 2 is 1.97 bits per heavy atom. The molecule has 1 atom stereocenters. The van der Waals surface area contributed by atoms with Crippen LogP contribution in [0.2, 0.25) is 0 Å². The molecule has 1 aromatic rings. The first-order chi connectivity index (χ1) is 13.7. The van der Waals surface area contributed by atoms with Crippen molar-refractivity contribution in [2.75, 3.05) is 26.8 Å². The zero-order valence-electron chi connectivity index (χ0n) is 17.8. The van der Waals surface area contributed by atoms with Gasteiger partial charge in [0.25, 0.3) is 0 Å².